The van der Waals surface area contributed by atoms with Crippen molar-refractivity contribution in [3.8, 4) is 0 Å². The highest BCUT2D eigenvalue weighted by atomic mass is 16.7. The fourth-order valence-corrected chi connectivity index (χ4v) is 0. The van der Waals surface area contributed by atoms with Crippen molar-refractivity contribution in [2.24, 2.45) is 5.90 Å². The minimum absolute atomic E-state index is 1.18. The minimum atomic E-state index is -1.18. The Morgan fingerprint density at radius 3 is 1.83 bits per heavy atom. The summed E-state index contributed by atoms with van der Waals surface area (Å²) in [4.78, 5) is 3.99. The molecule has 3 heteroatoms. The van der Waals surface area contributed by atoms with E-state index in [9.17, 15) is 0 Å². The Hall–Kier alpha value is -0.120. The van der Waals surface area contributed by atoms with Gasteiger partial charge in [0.25, 0.3) is 0 Å². The molecule has 0 aliphatic rings. The van der Waals surface area contributed by atoms with E-state index in [4.69, 9.17) is 5.11 Å². The molecular formula is C3H9NO2. The summed E-state index contributed by atoms with van der Waals surface area (Å²) in [5.74, 6) is 3.38. The Kier molecular flexibility index (Phi) is 1.52. The molecule has 0 radical (unpaired) electrons. The van der Waals surface area contributed by atoms with Crippen LogP contribution in [0, 0.1) is 0 Å². The molecule has 0 spiro atoms. The number of rotatable bonds is 1. The van der Waals surface area contributed by atoms with Gasteiger partial charge in [-0.1, -0.05) is 0 Å². The van der Waals surface area contributed by atoms with Crippen LogP contribution < -0.4 is 5.90 Å². The summed E-state index contributed by atoms with van der Waals surface area (Å²) in [6, 6.07) is 0. The molecule has 0 amide bonds. The van der Waals surface area contributed by atoms with Crippen molar-refractivity contribution in [1.82, 2.24) is 0 Å². The number of nitrogens with two attached hydrogens (primary N) is 1. The SMILES string of the molecule is CC(C)(O)ON. The lowest BCUT2D eigenvalue weighted by atomic mass is 10.4. The van der Waals surface area contributed by atoms with Gasteiger partial charge in [0, 0.05) is 0 Å². The predicted molar refractivity (Wildman–Crippen MR) is 21.6 cm³/mol. The third kappa shape index (κ3) is 3.88. The monoisotopic (exact) mass is 91.1 g/mol. The second kappa shape index (κ2) is 1.55. The molecule has 0 saturated carbocycles. The van der Waals surface area contributed by atoms with Gasteiger partial charge in [0.05, 0.1) is 0 Å². The van der Waals surface area contributed by atoms with Gasteiger partial charge in [0.2, 0.25) is 0 Å². The number of aliphatic hydroxyl groups is 1. The first-order valence-corrected chi connectivity index (χ1v) is 1.66. The molecule has 0 aliphatic carbocycles. The zero-order valence-corrected chi connectivity index (χ0v) is 3.93. The van der Waals surface area contributed by atoms with Gasteiger partial charge in [0.15, 0.2) is 5.79 Å². The van der Waals surface area contributed by atoms with Gasteiger partial charge >= 0.3 is 0 Å². The summed E-state index contributed by atoms with van der Waals surface area (Å²) >= 11 is 0. The van der Waals surface area contributed by atoms with Crippen molar-refractivity contribution in [3.05, 3.63) is 0 Å². The maximum Gasteiger partial charge on any atom is 0.178 e. The van der Waals surface area contributed by atoms with Crippen molar-refractivity contribution >= 4 is 0 Å². The van der Waals surface area contributed by atoms with Crippen molar-refractivity contribution in [2.45, 2.75) is 19.6 Å². The van der Waals surface area contributed by atoms with Crippen LogP contribution in [0.15, 0.2) is 0 Å². The zero-order valence-electron chi connectivity index (χ0n) is 3.93. The Balaban J connectivity index is 3.17. The first-order valence-electron chi connectivity index (χ1n) is 1.66. The maximum absolute atomic E-state index is 8.48. The third-order valence-electron chi connectivity index (χ3n) is 0.288. The van der Waals surface area contributed by atoms with Crippen molar-refractivity contribution in [2.75, 3.05) is 0 Å². The topological polar surface area (TPSA) is 55.5 Å². The lowest BCUT2D eigenvalue weighted by molar-refractivity contribution is -0.179. The molecule has 0 atom stereocenters. The summed E-state index contributed by atoms with van der Waals surface area (Å²) in [6.45, 7) is 2.90. The van der Waals surface area contributed by atoms with Crippen LogP contribution in [0.25, 0.3) is 0 Å². The highest BCUT2D eigenvalue weighted by molar-refractivity contribution is 4.41. The van der Waals surface area contributed by atoms with Crippen LogP contribution in [0.4, 0.5) is 0 Å². The first kappa shape index (κ1) is 5.88. The van der Waals surface area contributed by atoms with Gasteiger partial charge < -0.3 is 5.11 Å². The van der Waals surface area contributed by atoms with Crippen LogP contribution in [-0.2, 0) is 4.84 Å². The average molecular weight is 91.1 g/mol. The molecule has 0 heterocycles. The quantitative estimate of drug-likeness (QED) is 0.341. The Morgan fingerprint density at radius 2 is 1.83 bits per heavy atom. The summed E-state index contributed by atoms with van der Waals surface area (Å²) in [6.07, 6.45) is 0. The lowest BCUT2D eigenvalue weighted by Crippen LogP contribution is -2.26. The van der Waals surface area contributed by atoms with Crippen LogP contribution in [0.1, 0.15) is 13.8 Å². The lowest BCUT2D eigenvalue weighted by Gasteiger charge is -2.11. The van der Waals surface area contributed by atoms with Crippen LogP contribution in [-0.4, -0.2) is 10.9 Å². The Labute approximate surface area is 36.7 Å². The number of hydrogen-bond acceptors (Lipinski definition) is 3. The highest BCUT2D eigenvalue weighted by Gasteiger charge is 2.08. The van der Waals surface area contributed by atoms with E-state index >= 15 is 0 Å². The second-order valence-electron chi connectivity index (χ2n) is 1.56. The van der Waals surface area contributed by atoms with Gasteiger partial charge in [-0.2, -0.15) is 0 Å². The predicted octanol–water partition coefficient (Wildman–Crippen LogP) is -0.395. The third-order valence-corrected chi connectivity index (χ3v) is 0.288. The van der Waals surface area contributed by atoms with E-state index < -0.39 is 5.79 Å². The van der Waals surface area contributed by atoms with E-state index in [0.717, 1.165) is 0 Å². The smallest absolute Gasteiger partial charge is 0.178 e. The molecule has 3 nitrogen and oxygen atoms in total. The van der Waals surface area contributed by atoms with E-state index in [-0.39, 0.29) is 0 Å². The van der Waals surface area contributed by atoms with E-state index in [1.807, 2.05) is 0 Å². The molecule has 0 unspecified atom stereocenters. The van der Waals surface area contributed by atoms with Gasteiger partial charge in [0.1, 0.15) is 0 Å². The molecule has 0 fully saturated rings. The molecule has 0 aromatic rings. The molecule has 38 valence electrons. The van der Waals surface area contributed by atoms with Crippen LogP contribution in [0.3, 0.4) is 0 Å². The first-order chi connectivity index (χ1) is 2.56. The fourth-order valence-electron chi connectivity index (χ4n) is 0. The summed E-state index contributed by atoms with van der Waals surface area (Å²) < 4.78 is 0. The molecule has 0 saturated heterocycles. The zero-order chi connectivity index (χ0) is 5.21. The summed E-state index contributed by atoms with van der Waals surface area (Å²) in [5.41, 5.74) is 0. The summed E-state index contributed by atoms with van der Waals surface area (Å²) in [5, 5.41) is 8.48. The highest BCUT2D eigenvalue weighted by Crippen LogP contribution is 1.95. The van der Waals surface area contributed by atoms with Crippen LogP contribution >= 0.6 is 0 Å². The minimum Gasteiger partial charge on any atom is -0.365 e. The molecule has 0 aromatic heterocycles. The fraction of sp³-hybridized carbons (Fsp3) is 1.00. The standard InChI is InChI=1S/C3H9NO2/c1-3(2,5)6-4/h5H,4H2,1-2H3. The van der Waals surface area contributed by atoms with E-state index in [2.05, 4.69) is 10.7 Å². The number of hydrogen-bond donors (Lipinski definition) is 2. The van der Waals surface area contributed by atoms with Crippen molar-refractivity contribution < 1.29 is 9.94 Å². The molecule has 0 aliphatic heterocycles. The Bertz CT molecular complexity index is 38.5. The van der Waals surface area contributed by atoms with Crippen molar-refractivity contribution in [3.63, 3.8) is 0 Å². The van der Waals surface area contributed by atoms with Gasteiger partial charge in [-0.05, 0) is 13.8 Å². The van der Waals surface area contributed by atoms with Crippen LogP contribution in [0.5, 0.6) is 0 Å². The Morgan fingerprint density at radius 1 is 1.67 bits per heavy atom. The molecular weight excluding hydrogens is 82.0 g/mol. The van der Waals surface area contributed by atoms with Crippen LogP contribution in [0.2, 0.25) is 0 Å². The normalized spacial score (nSPS) is 12.0. The average Bonchev–Trinajstić information content (AvgIpc) is 1.35. The van der Waals surface area contributed by atoms with Gasteiger partial charge in [-0.3, -0.25) is 4.84 Å². The van der Waals surface area contributed by atoms with Gasteiger partial charge in [-0.15, -0.1) is 0 Å². The largest absolute Gasteiger partial charge is 0.365 e. The molecule has 0 rings (SSSR count). The van der Waals surface area contributed by atoms with E-state index in [1.165, 1.54) is 13.8 Å². The summed E-state index contributed by atoms with van der Waals surface area (Å²) in [7, 11) is 0. The van der Waals surface area contributed by atoms with E-state index in [0.29, 0.717) is 0 Å². The second-order valence-corrected chi connectivity index (χ2v) is 1.56. The van der Waals surface area contributed by atoms with E-state index in [1.54, 1.807) is 0 Å². The molecule has 3 N–H and O–H groups in total. The van der Waals surface area contributed by atoms with Gasteiger partial charge in [-0.25, -0.2) is 5.90 Å². The molecule has 0 aromatic carbocycles. The molecule has 0 bridgehead atoms. The van der Waals surface area contributed by atoms with Crippen molar-refractivity contribution in [1.29, 1.82) is 0 Å². The maximum atomic E-state index is 8.48. The molecule has 6 heavy (non-hydrogen) atoms.